The number of aryl methyl sites for hydroxylation is 1. The fourth-order valence-corrected chi connectivity index (χ4v) is 1.73. The maximum atomic E-state index is 13.4. The smallest absolute Gasteiger partial charge is 0.254 e. The van der Waals surface area contributed by atoms with Crippen molar-refractivity contribution < 1.29 is 9.18 Å². The molecule has 0 radical (unpaired) electrons. The van der Waals surface area contributed by atoms with Crippen molar-refractivity contribution in [1.82, 2.24) is 20.3 Å². The summed E-state index contributed by atoms with van der Waals surface area (Å²) in [6.07, 6.45) is 2.37. The monoisotopic (exact) mass is 289 g/mol. The molecule has 0 unspecified atom stereocenters. The van der Waals surface area contributed by atoms with Crippen molar-refractivity contribution in [3.8, 4) is 0 Å². The number of anilines is 1. The van der Waals surface area contributed by atoms with Gasteiger partial charge < -0.3 is 10.2 Å². The summed E-state index contributed by atoms with van der Waals surface area (Å²) in [5.41, 5.74) is 0.749. The molecule has 2 aromatic rings. The van der Waals surface area contributed by atoms with Crippen molar-refractivity contribution >= 4 is 11.7 Å². The number of hydrogen-bond acceptors (Lipinski definition) is 5. The van der Waals surface area contributed by atoms with Gasteiger partial charge in [-0.15, -0.1) is 0 Å². The molecule has 110 valence electrons. The Morgan fingerprint density at radius 1 is 1.38 bits per heavy atom. The summed E-state index contributed by atoms with van der Waals surface area (Å²) < 4.78 is 13.4. The van der Waals surface area contributed by atoms with E-state index in [1.807, 2.05) is 32.0 Å². The third-order valence-electron chi connectivity index (χ3n) is 2.77. The Morgan fingerprint density at radius 2 is 2.14 bits per heavy atom. The molecule has 0 spiro atoms. The van der Waals surface area contributed by atoms with E-state index in [4.69, 9.17) is 0 Å². The minimum atomic E-state index is -0.658. The first kappa shape index (κ1) is 14.8. The van der Waals surface area contributed by atoms with E-state index in [2.05, 4.69) is 20.3 Å². The highest BCUT2D eigenvalue weighted by Gasteiger charge is 2.12. The summed E-state index contributed by atoms with van der Waals surface area (Å²) in [6.45, 7) is 1.98. The highest BCUT2D eigenvalue weighted by Crippen LogP contribution is 2.09. The van der Waals surface area contributed by atoms with E-state index < -0.39 is 11.7 Å². The molecule has 0 bridgehead atoms. The molecule has 2 rings (SSSR count). The average molecular weight is 289 g/mol. The zero-order valence-corrected chi connectivity index (χ0v) is 12.1. The number of rotatable bonds is 4. The SMILES string of the molecule is Cc1cc(N(C)C)nc(CNC(=O)c2ccncc2F)n1. The number of carbonyl (C=O) groups excluding carboxylic acids is 1. The standard InChI is InChI=1S/C14H16FN5O/c1-9-6-13(20(2)3)19-12(18-9)8-17-14(21)10-4-5-16-7-11(10)15/h4-7H,8H2,1-3H3,(H,17,21). The number of carbonyl (C=O) groups is 1. The zero-order valence-electron chi connectivity index (χ0n) is 12.1. The van der Waals surface area contributed by atoms with Crippen molar-refractivity contribution in [2.24, 2.45) is 0 Å². The Hall–Kier alpha value is -2.57. The van der Waals surface area contributed by atoms with E-state index >= 15 is 0 Å². The highest BCUT2D eigenvalue weighted by molar-refractivity contribution is 5.94. The van der Waals surface area contributed by atoms with Gasteiger partial charge >= 0.3 is 0 Å². The van der Waals surface area contributed by atoms with Crippen molar-refractivity contribution in [2.75, 3.05) is 19.0 Å². The molecule has 0 aliphatic heterocycles. The minimum Gasteiger partial charge on any atom is -0.363 e. The van der Waals surface area contributed by atoms with Gasteiger partial charge in [0.1, 0.15) is 11.6 Å². The number of nitrogens with zero attached hydrogens (tertiary/aromatic N) is 4. The van der Waals surface area contributed by atoms with Crippen LogP contribution in [0.3, 0.4) is 0 Å². The van der Waals surface area contributed by atoms with Crippen LogP contribution in [0.1, 0.15) is 21.9 Å². The molecular formula is C14H16FN5O. The van der Waals surface area contributed by atoms with Gasteiger partial charge in [0.05, 0.1) is 18.3 Å². The average Bonchev–Trinajstić information content (AvgIpc) is 2.44. The lowest BCUT2D eigenvalue weighted by Gasteiger charge is -2.13. The molecule has 2 aromatic heterocycles. The Morgan fingerprint density at radius 3 is 2.81 bits per heavy atom. The molecule has 6 nitrogen and oxygen atoms in total. The molecule has 0 fully saturated rings. The molecule has 2 heterocycles. The zero-order chi connectivity index (χ0) is 15.4. The molecule has 0 saturated carbocycles. The van der Waals surface area contributed by atoms with Crippen LogP contribution in [0.4, 0.5) is 10.2 Å². The van der Waals surface area contributed by atoms with Gasteiger partial charge in [0, 0.05) is 32.1 Å². The van der Waals surface area contributed by atoms with Crippen LogP contribution in [0.5, 0.6) is 0 Å². The molecule has 0 aliphatic rings. The van der Waals surface area contributed by atoms with E-state index in [-0.39, 0.29) is 12.1 Å². The Labute approximate surface area is 122 Å². The molecule has 1 N–H and O–H groups in total. The van der Waals surface area contributed by atoms with Gasteiger partial charge in [0.25, 0.3) is 5.91 Å². The Bertz CT molecular complexity index is 660. The maximum absolute atomic E-state index is 13.4. The summed E-state index contributed by atoms with van der Waals surface area (Å²) in [4.78, 5) is 25.9. The third kappa shape index (κ3) is 3.71. The number of hydrogen-bond donors (Lipinski definition) is 1. The summed E-state index contributed by atoms with van der Waals surface area (Å²) in [6, 6.07) is 3.17. The van der Waals surface area contributed by atoms with Gasteiger partial charge in [-0.25, -0.2) is 14.4 Å². The number of pyridine rings is 1. The summed E-state index contributed by atoms with van der Waals surface area (Å²) in [5, 5.41) is 2.60. The Balaban J connectivity index is 2.10. The lowest BCUT2D eigenvalue weighted by Crippen LogP contribution is -2.25. The van der Waals surface area contributed by atoms with Gasteiger partial charge in [-0.2, -0.15) is 0 Å². The van der Waals surface area contributed by atoms with Gasteiger partial charge in [-0.1, -0.05) is 0 Å². The second-order valence-corrected chi connectivity index (χ2v) is 4.72. The normalized spacial score (nSPS) is 10.3. The van der Waals surface area contributed by atoms with E-state index in [1.54, 1.807) is 0 Å². The first-order chi connectivity index (χ1) is 9.97. The van der Waals surface area contributed by atoms with Crippen LogP contribution >= 0.6 is 0 Å². The number of aromatic nitrogens is 3. The first-order valence-electron chi connectivity index (χ1n) is 6.37. The number of halogens is 1. The van der Waals surface area contributed by atoms with Crippen molar-refractivity contribution in [3.05, 3.63) is 47.4 Å². The molecule has 0 aromatic carbocycles. The van der Waals surface area contributed by atoms with Crippen molar-refractivity contribution in [3.63, 3.8) is 0 Å². The molecule has 0 atom stereocenters. The maximum Gasteiger partial charge on any atom is 0.254 e. The van der Waals surface area contributed by atoms with Crippen molar-refractivity contribution in [1.29, 1.82) is 0 Å². The second kappa shape index (κ2) is 6.25. The number of amides is 1. The van der Waals surface area contributed by atoms with Gasteiger partial charge in [0.2, 0.25) is 0 Å². The lowest BCUT2D eigenvalue weighted by atomic mass is 10.2. The minimum absolute atomic E-state index is 0.0505. The fourth-order valence-electron chi connectivity index (χ4n) is 1.73. The third-order valence-corrected chi connectivity index (χ3v) is 2.77. The predicted molar refractivity (Wildman–Crippen MR) is 76.5 cm³/mol. The fraction of sp³-hybridized carbons (Fsp3) is 0.286. The topological polar surface area (TPSA) is 71.0 Å². The van der Waals surface area contributed by atoms with Gasteiger partial charge in [-0.05, 0) is 13.0 Å². The van der Waals surface area contributed by atoms with E-state index in [0.717, 1.165) is 17.7 Å². The number of nitrogens with one attached hydrogen (secondary N) is 1. The van der Waals surface area contributed by atoms with Crippen molar-refractivity contribution in [2.45, 2.75) is 13.5 Å². The largest absolute Gasteiger partial charge is 0.363 e. The first-order valence-corrected chi connectivity index (χ1v) is 6.37. The molecular weight excluding hydrogens is 273 g/mol. The van der Waals surface area contributed by atoms with Gasteiger partial charge in [-0.3, -0.25) is 9.78 Å². The van der Waals surface area contributed by atoms with Crippen LogP contribution in [0.15, 0.2) is 24.5 Å². The molecule has 0 saturated heterocycles. The Kier molecular flexibility index (Phi) is 4.42. The molecule has 1 amide bonds. The predicted octanol–water partition coefficient (Wildman–Crippen LogP) is 1.32. The summed E-state index contributed by atoms with van der Waals surface area (Å²) >= 11 is 0. The summed E-state index contributed by atoms with van der Waals surface area (Å²) in [5.74, 6) is 0.0453. The van der Waals surface area contributed by atoms with Gasteiger partial charge in [0.15, 0.2) is 5.82 Å². The quantitative estimate of drug-likeness (QED) is 0.919. The molecule has 7 heteroatoms. The summed E-state index contributed by atoms with van der Waals surface area (Å²) in [7, 11) is 3.74. The van der Waals surface area contributed by atoms with E-state index in [1.165, 1.54) is 12.3 Å². The van der Waals surface area contributed by atoms with E-state index in [0.29, 0.717) is 5.82 Å². The lowest BCUT2D eigenvalue weighted by molar-refractivity contribution is 0.0945. The van der Waals surface area contributed by atoms with Crippen LogP contribution < -0.4 is 10.2 Å². The second-order valence-electron chi connectivity index (χ2n) is 4.72. The highest BCUT2D eigenvalue weighted by atomic mass is 19.1. The van der Waals surface area contributed by atoms with E-state index in [9.17, 15) is 9.18 Å². The van der Waals surface area contributed by atoms with Crippen LogP contribution in [0, 0.1) is 12.7 Å². The van der Waals surface area contributed by atoms with Crippen LogP contribution in [-0.4, -0.2) is 35.0 Å². The molecule has 21 heavy (non-hydrogen) atoms. The molecule has 0 aliphatic carbocycles. The van der Waals surface area contributed by atoms with Crippen LogP contribution in [0.2, 0.25) is 0 Å². The van der Waals surface area contributed by atoms with Crippen LogP contribution in [-0.2, 0) is 6.54 Å². The van der Waals surface area contributed by atoms with Crippen LogP contribution in [0.25, 0.3) is 0 Å².